The van der Waals surface area contributed by atoms with E-state index in [0.717, 1.165) is 0 Å². The molecule has 0 amide bonds. The van der Waals surface area contributed by atoms with Crippen LogP contribution in [0.25, 0.3) is 0 Å². The molecule has 0 bridgehead atoms. The fraction of sp³-hybridized carbons (Fsp3) is 0.429. The second-order valence-electron chi connectivity index (χ2n) is 2.38. The lowest BCUT2D eigenvalue weighted by molar-refractivity contribution is -0.388. The molecular formula is C7H10N4O2S. The highest BCUT2D eigenvalue weighted by Crippen LogP contribution is 2.24. The van der Waals surface area contributed by atoms with Gasteiger partial charge in [-0.3, -0.25) is 10.1 Å². The summed E-state index contributed by atoms with van der Waals surface area (Å²) in [6, 6.07) is 0. The van der Waals surface area contributed by atoms with E-state index in [4.69, 9.17) is 0 Å². The van der Waals surface area contributed by atoms with E-state index in [1.54, 1.807) is 6.26 Å². The van der Waals surface area contributed by atoms with Gasteiger partial charge in [-0.25, -0.2) is 4.98 Å². The molecule has 7 heteroatoms. The van der Waals surface area contributed by atoms with Crippen LogP contribution in [-0.2, 0) is 0 Å². The molecule has 0 fully saturated rings. The van der Waals surface area contributed by atoms with Crippen LogP contribution in [0.2, 0.25) is 0 Å². The number of nitrogens with one attached hydrogen (secondary N) is 1. The summed E-state index contributed by atoms with van der Waals surface area (Å²) in [4.78, 5) is 17.9. The Balaban J connectivity index is 3.05. The van der Waals surface area contributed by atoms with E-state index in [1.807, 2.05) is 6.92 Å². The molecule has 14 heavy (non-hydrogen) atoms. The summed E-state index contributed by atoms with van der Waals surface area (Å²) in [5, 5.41) is 13.8. The molecule has 1 heterocycles. The fourth-order valence-corrected chi connectivity index (χ4v) is 1.39. The van der Waals surface area contributed by atoms with Gasteiger partial charge in [-0.15, -0.1) is 11.8 Å². The maximum absolute atomic E-state index is 10.5. The number of anilines is 1. The molecule has 1 N–H and O–H groups in total. The summed E-state index contributed by atoms with van der Waals surface area (Å²) < 4.78 is 0. The van der Waals surface area contributed by atoms with Crippen molar-refractivity contribution >= 4 is 23.4 Å². The summed E-state index contributed by atoms with van der Waals surface area (Å²) in [5.74, 6) is 0.419. The zero-order valence-electron chi connectivity index (χ0n) is 7.85. The van der Waals surface area contributed by atoms with E-state index in [9.17, 15) is 10.1 Å². The van der Waals surface area contributed by atoms with Crippen molar-refractivity contribution in [2.75, 3.05) is 18.1 Å². The molecule has 1 rings (SSSR count). The van der Waals surface area contributed by atoms with Gasteiger partial charge in [0.2, 0.25) is 5.95 Å². The summed E-state index contributed by atoms with van der Waals surface area (Å²) in [5.41, 5.74) is -0.0563. The Morgan fingerprint density at radius 3 is 2.93 bits per heavy atom. The molecule has 0 aliphatic carbocycles. The lowest BCUT2D eigenvalue weighted by Gasteiger charge is -2.02. The zero-order chi connectivity index (χ0) is 10.6. The number of thioether (sulfide) groups is 1. The largest absolute Gasteiger partial charge is 0.354 e. The second kappa shape index (κ2) is 4.75. The third kappa shape index (κ3) is 2.32. The minimum Gasteiger partial charge on any atom is -0.354 e. The molecule has 0 saturated heterocycles. The summed E-state index contributed by atoms with van der Waals surface area (Å²) in [7, 11) is 0. The van der Waals surface area contributed by atoms with E-state index in [2.05, 4.69) is 15.3 Å². The molecule has 0 unspecified atom stereocenters. The molecule has 6 nitrogen and oxygen atoms in total. The normalized spacial score (nSPS) is 9.86. The van der Waals surface area contributed by atoms with Gasteiger partial charge in [0.25, 0.3) is 0 Å². The smallest absolute Gasteiger partial charge is 0.319 e. The van der Waals surface area contributed by atoms with Crippen LogP contribution in [0.3, 0.4) is 0 Å². The number of rotatable bonds is 4. The molecule has 0 radical (unpaired) electrons. The zero-order valence-corrected chi connectivity index (χ0v) is 8.67. The average molecular weight is 214 g/mol. The van der Waals surface area contributed by atoms with Crippen molar-refractivity contribution < 1.29 is 4.92 Å². The number of hydrogen-bond acceptors (Lipinski definition) is 6. The van der Waals surface area contributed by atoms with Gasteiger partial charge in [0, 0.05) is 6.54 Å². The van der Waals surface area contributed by atoms with E-state index < -0.39 is 4.92 Å². The highest BCUT2D eigenvalue weighted by Gasteiger charge is 2.15. The van der Waals surface area contributed by atoms with Gasteiger partial charge in [0.15, 0.2) is 5.03 Å². The molecule has 0 aromatic carbocycles. The van der Waals surface area contributed by atoms with Crippen molar-refractivity contribution in [3.63, 3.8) is 0 Å². The number of aromatic nitrogens is 2. The standard InChI is InChI=1S/C7H10N4O2S/c1-3-8-7-9-4-5(11(12)13)6(10-7)14-2/h4H,3H2,1-2H3,(H,8,9,10). The molecule has 0 aliphatic heterocycles. The first-order valence-corrected chi connectivity index (χ1v) is 5.20. The Bertz CT molecular complexity index is 344. The third-order valence-corrected chi connectivity index (χ3v) is 2.15. The monoisotopic (exact) mass is 214 g/mol. The minimum atomic E-state index is -0.485. The maximum atomic E-state index is 10.5. The number of nitro groups is 1. The van der Waals surface area contributed by atoms with Gasteiger partial charge in [-0.1, -0.05) is 0 Å². The Morgan fingerprint density at radius 2 is 2.43 bits per heavy atom. The van der Waals surface area contributed by atoms with Crippen molar-refractivity contribution in [3.05, 3.63) is 16.3 Å². The van der Waals surface area contributed by atoms with Crippen LogP contribution in [0.1, 0.15) is 6.92 Å². The first kappa shape index (κ1) is 10.7. The van der Waals surface area contributed by atoms with Crippen molar-refractivity contribution in [2.24, 2.45) is 0 Å². The molecule has 1 aromatic rings. The summed E-state index contributed by atoms with van der Waals surface area (Å²) >= 11 is 1.23. The average Bonchev–Trinajstić information content (AvgIpc) is 2.17. The van der Waals surface area contributed by atoms with Crippen LogP contribution in [0, 0.1) is 10.1 Å². The molecule has 0 saturated carbocycles. The van der Waals surface area contributed by atoms with Gasteiger partial charge in [-0.2, -0.15) is 4.98 Å². The van der Waals surface area contributed by atoms with Gasteiger partial charge in [-0.05, 0) is 13.2 Å². The van der Waals surface area contributed by atoms with Crippen LogP contribution in [0.4, 0.5) is 11.6 Å². The van der Waals surface area contributed by atoms with Crippen LogP contribution in [0.5, 0.6) is 0 Å². The Morgan fingerprint density at radius 1 is 1.71 bits per heavy atom. The number of hydrogen-bond donors (Lipinski definition) is 1. The molecule has 0 aliphatic rings. The van der Waals surface area contributed by atoms with Crippen LogP contribution in [0.15, 0.2) is 11.2 Å². The lowest BCUT2D eigenvalue weighted by atomic mass is 10.5. The van der Waals surface area contributed by atoms with Gasteiger partial charge in [0.1, 0.15) is 6.20 Å². The quantitative estimate of drug-likeness (QED) is 0.354. The molecular weight excluding hydrogens is 204 g/mol. The van der Waals surface area contributed by atoms with E-state index in [0.29, 0.717) is 17.5 Å². The summed E-state index contributed by atoms with van der Waals surface area (Å²) in [6.07, 6.45) is 2.96. The first-order valence-electron chi connectivity index (χ1n) is 3.98. The maximum Gasteiger partial charge on any atom is 0.319 e. The van der Waals surface area contributed by atoms with Crippen LogP contribution >= 0.6 is 11.8 Å². The number of nitrogens with zero attached hydrogens (tertiary/aromatic N) is 3. The topological polar surface area (TPSA) is 81.0 Å². The van der Waals surface area contributed by atoms with E-state index in [-0.39, 0.29) is 5.69 Å². The SMILES string of the molecule is CCNc1ncc([N+](=O)[O-])c(SC)n1. The van der Waals surface area contributed by atoms with E-state index >= 15 is 0 Å². The predicted octanol–water partition coefficient (Wildman–Crippen LogP) is 1.54. The molecule has 1 aromatic heterocycles. The summed E-state index contributed by atoms with van der Waals surface area (Å²) in [6.45, 7) is 2.59. The lowest BCUT2D eigenvalue weighted by Crippen LogP contribution is -2.04. The minimum absolute atomic E-state index is 0.0563. The van der Waals surface area contributed by atoms with Crippen LogP contribution in [-0.4, -0.2) is 27.7 Å². The van der Waals surface area contributed by atoms with Crippen molar-refractivity contribution in [3.8, 4) is 0 Å². The van der Waals surface area contributed by atoms with Crippen molar-refractivity contribution in [2.45, 2.75) is 11.9 Å². The van der Waals surface area contributed by atoms with E-state index in [1.165, 1.54) is 18.0 Å². The fourth-order valence-electron chi connectivity index (χ4n) is 0.879. The highest BCUT2D eigenvalue weighted by atomic mass is 32.2. The Hall–Kier alpha value is -1.37. The Labute approximate surface area is 85.3 Å². The van der Waals surface area contributed by atoms with Crippen LogP contribution < -0.4 is 5.32 Å². The van der Waals surface area contributed by atoms with Crippen molar-refractivity contribution in [1.29, 1.82) is 0 Å². The van der Waals surface area contributed by atoms with Gasteiger partial charge >= 0.3 is 5.69 Å². The molecule has 0 spiro atoms. The molecule has 0 atom stereocenters. The van der Waals surface area contributed by atoms with Gasteiger partial charge in [0.05, 0.1) is 4.92 Å². The van der Waals surface area contributed by atoms with Crippen molar-refractivity contribution in [1.82, 2.24) is 9.97 Å². The molecule has 76 valence electrons. The second-order valence-corrected chi connectivity index (χ2v) is 3.17. The third-order valence-electron chi connectivity index (χ3n) is 1.46. The first-order chi connectivity index (χ1) is 6.69. The Kier molecular flexibility index (Phi) is 3.63. The van der Waals surface area contributed by atoms with Gasteiger partial charge < -0.3 is 5.32 Å². The highest BCUT2D eigenvalue weighted by molar-refractivity contribution is 7.98. The predicted molar refractivity (Wildman–Crippen MR) is 54.6 cm³/mol.